The van der Waals surface area contributed by atoms with Crippen molar-refractivity contribution >= 4 is 5.91 Å². The van der Waals surface area contributed by atoms with E-state index in [2.05, 4.69) is 5.32 Å². The van der Waals surface area contributed by atoms with E-state index in [0.717, 1.165) is 11.3 Å². The molecule has 0 radical (unpaired) electrons. The van der Waals surface area contributed by atoms with E-state index < -0.39 is 6.10 Å². The van der Waals surface area contributed by atoms with Crippen molar-refractivity contribution in [2.45, 2.75) is 25.7 Å². The van der Waals surface area contributed by atoms with Crippen LogP contribution < -0.4 is 5.32 Å². The zero-order valence-electron chi connectivity index (χ0n) is 10.5. The molecule has 1 aliphatic heterocycles. The van der Waals surface area contributed by atoms with Crippen LogP contribution in [0.2, 0.25) is 0 Å². The minimum absolute atomic E-state index is 0.0918. The van der Waals surface area contributed by atoms with Gasteiger partial charge in [0.1, 0.15) is 11.9 Å². The molecule has 0 fully saturated rings. The Balaban J connectivity index is 1.60. The van der Waals surface area contributed by atoms with E-state index in [1.807, 2.05) is 30.3 Å². The lowest BCUT2D eigenvalue weighted by molar-refractivity contribution is -0.134. The van der Waals surface area contributed by atoms with Crippen molar-refractivity contribution in [3.63, 3.8) is 0 Å². The fourth-order valence-electron chi connectivity index (χ4n) is 2.22. The Morgan fingerprint density at radius 2 is 2.05 bits per heavy atom. The largest absolute Gasteiger partial charge is 0.467 e. The molecule has 0 saturated heterocycles. The van der Waals surface area contributed by atoms with Crippen molar-refractivity contribution < 1.29 is 13.9 Å². The average molecular weight is 257 g/mol. The Labute approximate surface area is 111 Å². The summed E-state index contributed by atoms with van der Waals surface area (Å²) in [5.41, 5.74) is 2.35. The number of carbonyl (C=O) groups excluding carboxylic acids is 1. The Hall–Kier alpha value is -2.07. The topological polar surface area (TPSA) is 51.5 Å². The molecule has 3 rings (SSSR count). The van der Waals surface area contributed by atoms with Crippen LogP contribution in [-0.4, -0.2) is 12.0 Å². The number of nitrogens with one attached hydrogen (secondary N) is 1. The van der Waals surface area contributed by atoms with Gasteiger partial charge in [-0.1, -0.05) is 24.3 Å². The van der Waals surface area contributed by atoms with Crippen LogP contribution in [0.25, 0.3) is 0 Å². The first-order chi connectivity index (χ1) is 9.33. The number of ether oxygens (including phenoxy) is 1. The van der Waals surface area contributed by atoms with Crippen molar-refractivity contribution in [2.75, 3.05) is 0 Å². The predicted molar refractivity (Wildman–Crippen MR) is 69.3 cm³/mol. The van der Waals surface area contributed by atoms with Gasteiger partial charge in [0.15, 0.2) is 0 Å². The van der Waals surface area contributed by atoms with Gasteiger partial charge in [-0.3, -0.25) is 4.79 Å². The second-order valence-electron chi connectivity index (χ2n) is 4.57. The number of furan rings is 1. The van der Waals surface area contributed by atoms with E-state index in [1.54, 1.807) is 12.3 Å². The molecule has 2 heterocycles. The fourth-order valence-corrected chi connectivity index (χ4v) is 2.22. The molecule has 4 nitrogen and oxygen atoms in total. The maximum Gasteiger partial charge on any atom is 0.249 e. The van der Waals surface area contributed by atoms with Gasteiger partial charge in [-0.25, -0.2) is 0 Å². The maximum atomic E-state index is 12.0. The van der Waals surface area contributed by atoms with E-state index in [0.29, 0.717) is 19.6 Å². The van der Waals surface area contributed by atoms with Gasteiger partial charge in [0.25, 0.3) is 0 Å². The fraction of sp³-hybridized carbons (Fsp3) is 0.267. The number of benzene rings is 1. The number of rotatable bonds is 3. The molecule has 19 heavy (non-hydrogen) atoms. The molecule has 0 aliphatic carbocycles. The summed E-state index contributed by atoms with van der Waals surface area (Å²) in [5.74, 6) is 0.649. The number of hydrogen-bond donors (Lipinski definition) is 1. The molecule has 1 atom stereocenters. The highest BCUT2D eigenvalue weighted by Gasteiger charge is 2.24. The van der Waals surface area contributed by atoms with Gasteiger partial charge >= 0.3 is 0 Å². The molecule has 0 spiro atoms. The van der Waals surface area contributed by atoms with Crippen LogP contribution >= 0.6 is 0 Å². The zero-order chi connectivity index (χ0) is 13.1. The van der Waals surface area contributed by atoms with Crippen molar-refractivity contribution in [3.05, 3.63) is 59.5 Å². The first-order valence-corrected chi connectivity index (χ1v) is 6.31. The van der Waals surface area contributed by atoms with Crippen LogP contribution in [-0.2, 0) is 29.1 Å². The first kappa shape index (κ1) is 12.0. The second kappa shape index (κ2) is 5.28. The van der Waals surface area contributed by atoms with Gasteiger partial charge in [0.2, 0.25) is 5.91 Å². The second-order valence-corrected chi connectivity index (χ2v) is 4.57. The molecule has 1 aliphatic rings. The summed E-state index contributed by atoms with van der Waals surface area (Å²) in [4.78, 5) is 12.0. The molecule has 1 N–H and O–H groups in total. The molecule has 0 bridgehead atoms. The quantitative estimate of drug-likeness (QED) is 0.915. The molecule has 98 valence electrons. The van der Waals surface area contributed by atoms with Crippen LogP contribution in [0.1, 0.15) is 16.9 Å². The third-order valence-electron chi connectivity index (χ3n) is 3.27. The molecular formula is C15H15NO3. The highest BCUT2D eigenvalue weighted by atomic mass is 16.5. The van der Waals surface area contributed by atoms with Gasteiger partial charge < -0.3 is 14.5 Å². The van der Waals surface area contributed by atoms with Crippen molar-refractivity contribution in [1.82, 2.24) is 5.32 Å². The summed E-state index contributed by atoms with van der Waals surface area (Å²) in [6.07, 6.45) is 1.81. The van der Waals surface area contributed by atoms with Gasteiger partial charge in [0.05, 0.1) is 19.4 Å². The third-order valence-corrected chi connectivity index (χ3v) is 3.27. The third kappa shape index (κ3) is 2.69. The van der Waals surface area contributed by atoms with Gasteiger partial charge in [-0.05, 0) is 23.3 Å². The summed E-state index contributed by atoms with van der Waals surface area (Å²) < 4.78 is 10.8. The first-order valence-electron chi connectivity index (χ1n) is 6.31. The molecule has 0 unspecified atom stereocenters. The van der Waals surface area contributed by atoms with Crippen LogP contribution in [0.3, 0.4) is 0 Å². The Kier molecular flexibility index (Phi) is 3.33. The summed E-state index contributed by atoms with van der Waals surface area (Å²) in [6.45, 7) is 0.891. The lowest BCUT2D eigenvalue weighted by atomic mass is 9.99. The minimum Gasteiger partial charge on any atom is -0.467 e. The molecule has 2 aromatic rings. The standard InChI is InChI=1S/C15H15NO3/c17-15(16-9-13-6-3-7-18-13)14-8-11-4-1-2-5-12(11)10-19-14/h1-7,14H,8-10H2,(H,16,17)/t14-/m0/s1. The van der Waals surface area contributed by atoms with E-state index in [9.17, 15) is 4.79 Å². The lowest BCUT2D eigenvalue weighted by Crippen LogP contribution is -2.39. The van der Waals surface area contributed by atoms with Crippen LogP contribution in [0.5, 0.6) is 0 Å². The molecule has 0 saturated carbocycles. The summed E-state index contributed by atoms with van der Waals surface area (Å²) in [7, 11) is 0. The van der Waals surface area contributed by atoms with E-state index >= 15 is 0 Å². The Bertz CT molecular complexity index is 563. The number of amides is 1. The highest BCUT2D eigenvalue weighted by Crippen LogP contribution is 2.20. The maximum absolute atomic E-state index is 12.0. The van der Waals surface area contributed by atoms with Crippen LogP contribution in [0.4, 0.5) is 0 Å². The van der Waals surface area contributed by atoms with E-state index in [4.69, 9.17) is 9.15 Å². The molecule has 1 aromatic carbocycles. The minimum atomic E-state index is -0.412. The van der Waals surface area contributed by atoms with Gasteiger partial charge in [-0.2, -0.15) is 0 Å². The SMILES string of the molecule is O=C(NCc1ccco1)[C@@H]1Cc2ccccc2CO1. The van der Waals surface area contributed by atoms with Gasteiger partial charge in [-0.15, -0.1) is 0 Å². The van der Waals surface area contributed by atoms with Gasteiger partial charge in [0, 0.05) is 6.42 Å². The van der Waals surface area contributed by atoms with E-state index in [1.165, 1.54) is 5.56 Å². The zero-order valence-corrected chi connectivity index (χ0v) is 10.5. The molecular weight excluding hydrogens is 242 g/mol. The average Bonchev–Trinajstić information content (AvgIpc) is 2.97. The van der Waals surface area contributed by atoms with Crippen molar-refractivity contribution in [1.29, 1.82) is 0 Å². The summed E-state index contributed by atoms with van der Waals surface area (Å²) in [6, 6.07) is 11.7. The Morgan fingerprint density at radius 1 is 1.21 bits per heavy atom. The Morgan fingerprint density at radius 3 is 2.84 bits per heavy atom. The van der Waals surface area contributed by atoms with Crippen LogP contribution in [0.15, 0.2) is 47.1 Å². The molecule has 1 amide bonds. The lowest BCUT2D eigenvalue weighted by Gasteiger charge is -2.24. The smallest absolute Gasteiger partial charge is 0.249 e. The number of carbonyl (C=O) groups is 1. The molecule has 1 aromatic heterocycles. The number of fused-ring (bicyclic) bond motifs is 1. The number of hydrogen-bond acceptors (Lipinski definition) is 3. The highest BCUT2D eigenvalue weighted by molar-refractivity contribution is 5.81. The van der Waals surface area contributed by atoms with Crippen molar-refractivity contribution in [2.24, 2.45) is 0 Å². The van der Waals surface area contributed by atoms with Crippen LogP contribution in [0, 0.1) is 0 Å². The monoisotopic (exact) mass is 257 g/mol. The van der Waals surface area contributed by atoms with E-state index in [-0.39, 0.29) is 5.91 Å². The summed E-state index contributed by atoms with van der Waals surface area (Å²) in [5, 5.41) is 2.83. The predicted octanol–water partition coefficient (Wildman–Crippen LogP) is 2.04. The summed E-state index contributed by atoms with van der Waals surface area (Å²) >= 11 is 0. The normalized spacial score (nSPS) is 17.8. The molecule has 4 heteroatoms. The van der Waals surface area contributed by atoms with Crippen molar-refractivity contribution in [3.8, 4) is 0 Å².